The molecule has 0 aromatic rings. The lowest BCUT2D eigenvalue weighted by Crippen LogP contribution is -2.33. The monoisotopic (exact) mass is 280 g/mol. The van der Waals surface area contributed by atoms with E-state index in [1.54, 1.807) is 6.92 Å². The van der Waals surface area contributed by atoms with Crippen molar-refractivity contribution in [2.45, 2.75) is 63.0 Å². The van der Waals surface area contributed by atoms with E-state index in [0.29, 0.717) is 6.42 Å². The van der Waals surface area contributed by atoms with E-state index in [1.807, 2.05) is 6.92 Å². The van der Waals surface area contributed by atoms with Crippen molar-refractivity contribution in [1.29, 1.82) is 0 Å². The van der Waals surface area contributed by atoms with E-state index in [-0.39, 0.29) is 31.5 Å². The molecule has 7 heteroatoms. The van der Waals surface area contributed by atoms with Gasteiger partial charge in [0.15, 0.2) is 0 Å². The summed E-state index contributed by atoms with van der Waals surface area (Å²) in [6.45, 7) is 3.22. The third kappa shape index (κ3) is 4.35. The Balaban J connectivity index is 0.000000191. The molecule has 0 aliphatic carbocycles. The third-order valence-electron chi connectivity index (χ3n) is 3.37. The van der Waals surface area contributed by atoms with Gasteiger partial charge in [0, 0.05) is 6.42 Å². The molecule has 19 heavy (non-hydrogen) atoms. The van der Waals surface area contributed by atoms with Gasteiger partial charge in [-0.05, 0) is 13.8 Å². The molecule has 7 nitrogen and oxygen atoms in total. The fourth-order valence-electron chi connectivity index (χ4n) is 2.19. The molecule has 2 saturated heterocycles. The highest BCUT2D eigenvalue weighted by atomic mass is 16.6. The molecule has 0 spiro atoms. The average Bonchev–Trinajstić information content (AvgIpc) is 2.83. The summed E-state index contributed by atoms with van der Waals surface area (Å²) in [5.74, 6) is 0. The van der Waals surface area contributed by atoms with Crippen LogP contribution in [0.1, 0.15) is 20.3 Å². The van der Waals surface area contributed by atoms with Gasteiger partial charge in [0.2, 0.25) is 0 Å². The summed E-state index contributed by atoms with van der Waals surface area (Å²) in [4.78, 5) is 0. The summed E-state index contributed by atoms with van der Waals surface area (Å²) in [5.41, 5.74) is 0. The van der Waals surface area contributed by atoms with Gasteiger partial charge in [-0.1, -0.05) is 0 Å². The summed E-state index contributed by atoms with van der Waals surface area (Å²) < 4.78 is 10.1. The SMILES string of the molecule is C[C@@H]1O[C@H](CO)[C@H](O)C1O.C[C@H]1C[C@@H](O)[C@@H](CO)O1. The Kier molecular flexibility index (Phi) is 6.61. The molecule has 2 aliphatic heterocycles. The normalized spacial score (nSPS) is 45.9. The van der Waals surface area contributed by atoms with Crippen molar-refractivity contribution in [3.8, 4) is 0 Å². The minimum Gasteiger partial charge on any atom is -0.394 e. The van der Waals surface area contributed by atoms with E-state index in [1.165, 1.54) is 0 Å². The predicted molar refractivity (Wildman–Crippen MR) is 65.5 cm³/mol. The third-order valence-corrected chi connectivity index (χ3v) is 3.37. The van der Waals surface area contributed by atoms with Gasteiger partial charge in [-0.2, -0.15) is 0 Å². The van der Waals surface area contributed by atoms with Gasteiger partial charge in [-0.3, -0.25) is 0 Å². The molecular weight excluding hydrogens is 256 g/mol. The fraction of sp³-hybridized carbons (Fsp3) is 1.00. The van der Waals surface area contributed by atoms with Crippen LogP contribution in [0.25, 0.3) is 0 Å². The van der Waals surface area contributed by atoms with Crippen LogP contribution in [0.4, 0.5) is 0 Å². The molecule has 0 amide bonds. The van der Waals surface area contributed by atoms with Crippen molar-refractivity contribution in [3.05, 3.63) is 0 Å². The van der Waals surface area contributed by atoms with Crippen molar-refractivity contribution in [1.82, 2.24) is 0 Å². The maximum atomic E-state index is 9.09. The Morgan fingerprint density at radius 3 is 1.68 bits per heavy atom. The number of hydrogen-bond acceptors (Lipinski definition) is 7. The first-order valence-corrected chi connectivity index (χ1v) is 6.47. The lowest BCUT2D eigenvalue weighted by Gasteiger charge is -2.10. The molecule has 1 unspecified atom stereocenters. The molecule has 0 bridgehead atoms. The number of rotatable bonds is 2. The Hall–Kier alpha value is -0.280. The molecule has 2 heterocycles. The number of ether oxygens (including phenoxy) is 2. The summed E-state index contributed by atoms with van der Waals surface area (Å²) in [7, 11) is 0. The second-order valence-corrected chi connectivity index (χ2v) is 5.01. The van der Waals surface area contributed by atoms with Crippen molar-refractivity contribution in [2.24, 2.45) is 0 Å². The molecule has 0 aromatic carbocycles. The van der Waals surface area contributed by atoms with Crippen LogP contribution in [0.3, 0.4) is 0 Å². The maximum absolute atomic E-state index is 9.09. The lowest BCUT2D eigenvalue weighted by molar-refractivity contribution is -0.0171. The first-order valence-electron chi connectivity index (χ1n) is 6.47. The minimum atomic E-state index is -0.944. The van der Waals surface area contributed by atoms with Crippen molar-refractivity contribution >= 4 is 0 Å². The molecule has 0 saturated carbocycles. The second kappa shape index (κ2) is 7.49. The smallest absolute Gasteiger partial charge is 0.111 e. The Bertz CT molecular complexity index is 262. The Morgan fingerprint density at radius 2 is 1.47 bits per heavy atom. The van der Waals surface area contributed by atoms with Crippen LogP contribution in [0, 0.1) is 0 Å². The van der Waals surface area contributed by atoms with Crippen molar-refractivity contribution in [2.75, 3.05) is 13.2 Å². The molecule has 2 aliphatic rings. The molecule has 0 radical (unpaired) electrons. The van der Waals surface area contributed by atoms with Crippen LogP contribution in [-0.2, 0) is 9.47 Å². The van der Waals surface area contributed by atoms with Gasteiger partial charge in [0.25, 0.3) is 0 Å². The van der Waals surface area contributed by atoms with Crippen molar-refractivity contribution < 1.29 is 35.0 Å². The van der Waals surface area contributed by atoms with Gasteiger partial charge >= 0.3 is 0 Å². The quantitative estimate of drug-likeness (QED) is 0.397. The molecule has 5 N–H and O–H groups in total. The van der Waals surface area contributed by atoms with Crippen LogP contribution in [0.15, 0.2) is 0 Å². The lowest BCUT2D eigenvalue weighted by atomic mass is 10.1. The van der Waals surface area contributed by atoms with Crippen LogP contribution in [-0.4, -0.2) is 81.5 Å². The molecule has 0 aromatic heterocycles. The summed E-state index contributed by atoms with van der Waals surface area (Å²) in [6, 6.07) is 0. The Labute approximate surface area is 112 Å². The van der Waals surface area contributed by atoms with Gasteiger partial charge in [0.05, 0.1) is 31.5 Å². The zero-order chi connectivity index (χ0) is 14.6. The zero-order valence-corrected chi connectivity index (χ0v) is 11.2. The van der Waals surface area contributed by atoms with Crippen LogP contribution in [0.5, 0.6) is 0 Å². The molecule has 2 rings (SSSR count). The first-order chi connectivity index (χ1) is 8.90. The van der Waals surface area contributed by atoms with Gasteiger partial charge in [-0.25, -0.2) is 0 Å². The standard InChI is InChI=1S/C6H12O4.C6H12O3/c1-3-5(8)6(9)4(2-7)10-3;1-4-2-5(8)6(3-7)9-4/h3-9H,2H2,1H3;4-8H,2-3H2,1H3/t3-,4+,5?,6-;4-,5+,6+/m00/s1. The van der Waals surface area contributed by atoms with E-state index in [2.05, 4.69) is 0 Å². The number of aliphatic hydroxyl groups is 5. The summed E-state index contributed by atoms with van der Waals surface area (Å²) in [6.07, 6.45) is -2.89. The summed E-state index contributed by atoms with van der Waals surface area (Å²) >= 11 is 0. The van der Waals surface area contributed by atoms with E-state index in [0.717, 1.165) is 0 Å². The van der Waals surface area contributed by atoms with Crippen LogP contribution < -0.4 is 0 Å². The van der Waals surface area contributed by atoms with E-state index in [4.69, 9.17) is 35.0 Å². The van der Waals surface area contributed by atoms with Gasteiger partial charge < -0.3 is 35.0 Å². The van der Waals surface area contributed by atoms with Crippen molar-refractivity contribution in [3.63, 3.8) is 0 Å². The highest BCUT2D eigenvalue weighted by Gasteiger charge is 2.39. The minimum absolute atomic E-state index is 0.0779. The molecular formula is C12H24O7. The average molecular weight is 280 g/mol. The first kappa shape index (κ1) is 16.8. The highest BCUT2D eigenvalue weighted by Crippen LogP contribution is 2.20. The largest absolute Gasteiger partial charge is 0.394 e. The van der Waals surface area contributed by atoms with Crippen LogP contribution in [0.2, 0.25) is 0 Å². The molecule has 114 valence electrons. The Morgan fingerprint density at radius 1 is 0.895 bits per heavy atom. The van der Waals surface area contributed by atoms with Crippen LogP contribution >= 0.6 is 0 Å². The topological polar surface area (TPSA) is 120 Å². The fourth-order valence-corrected chi connectivity index (χ4v) is 2.19. The number of aliphatic hydroxyl groups excluding tert-OH is 5. The molecule has 2 fully saturated rings. The summed E-state index contributed by atoms with van der Waals surface area (Å²) in [5, 5.41) is 44.4. The van der Waals surface area contributed by atoms with E-state index >= 15 is 0 Å². The van der Waals surface area contributed by atoms with E-state index in [9.17, 15) is 0 Å². The highest BCUT2D eigenvalue weighted by molar-refractivity contribution is 4.87. The predicted octanol–water partition coefficient (Wildman–Crippen LogP) is -2.00. The second-order valence-electron chi connectivity index (χ2n) is 5.01. The maximum Gasteiger partial charge on any atom is 0.111 e. The number of hydrogen-bond donors (Lipinski definition) is 5. The van der Waals surface area contributed by atoms with Gasteiger partial charge in [-0.15, -0.1) is 0 Å². The molecule has 7 atom stereocenters. The van der Waals surface area contributed by atoms with Gasteiger partial charge in [0.1, 0.15) is 24.4 Å². The zero-order valence-electron chi connectivity index (χ0n) is 11.2. The van der Waals surface area contributed by atoms with E-state index < -0.39 is 24.4 Å².